The predicted molar refractivity (Wildman–Crippen MR) is 55.3 cm³/mol. The lowest BCUT2D eigenvalue weighted by Gasteiger charge is -2.02. The highest BCUT2D eigenvalue weighted by molar-refractivity contribution is 5.35. The molecule has 1 aromatic carbocycles. The predicted octanol–water partition coefficient (Wildman–Crippen LogP) is 1.43. The molecule has 0 spiro atoms. The van der Waals surface area contributed by atoms with E-state index in [1.54, 1.807) is 6.07 Å². The van der Waals surface area contributed by atoms with E-state index in [9.17, 15) is 9.90 Å². The molecule has 0 saturated carbocycles. The van der Waals surface area contributed by atoms with Crippen LogP contribution in [0.2, 0.25) is 0 Å². The van der Waals surface area contributed by atoms with Gasteiger partial charge < -0.3 is 9.52 Å². The average Bonchev–Trinajstić information content (AvgIpc) is 2.66. The Hall–Kier alpha value is -2.04. The molecule has 2 rings (SSSR count). The molecule has 1 N–H and O–H groups in total. The second-order valence-electron chi connectivity index (χ2n) is 3.55. The highest BCUT2D eigenvalue weighted by atomic mass is 16.6. The molecule has 16 heavy (non-hydrogen) atoms. The van der Waals surface area contributed by atoms with Crippen molar-refractivity contribution in [3.05, 3.63) is 45.8 Å². The molecule has 0 fully saturated rings. The van der Waals surface area contributed by atoms with E-state index in [1.165, 1.54) is 0 Å². The van der Waals surface area contributed by atoms with Crippen LogP contribution in [-0.2, 0) is 12.8 Å². The summed E-state index contributed by atoms with van der Waals surface area (Å²) in [4.78, 5) is 10.6. The molecule has 1 aromatic heterocycles. The summed E-state index contributed by atoms with van der Waals surface area (Å²) in [5, 5.41) is 12.8. The lowest BCUT2D eigenvalue weighted by atomic mass is 10.1. The van der Waals surface area contributed by atoms with Crippen LogP contribution < -0.4 is 5.82 Å². The third-order valence-corrected chi connectivity index (χ3v) is 2.31. The molecule has 84 valence electrons. The summed E-state index contributed by atoms with van der Waals surface area (Å²) in [5.41, 5.74) is 1.86. The zero-order chi connectivity index (χ0) is 11.5. The van der Waals surface area contributed by atoms with Crippen LogP contribution in [0.5, 0.6) is 5.75 Å². The van der Waals surface area contributed by atoms with Gasteiger partial charge in [-0.05, 0) is 35.7 Å². The van der Waals surface area contributed by atoms with Crippen LogP contribution in [0.1, 0.15) is 17.0 Å². The fraction of sp³-hybridized carbons (Fsp3) is 0.273. The smallest absolute Gasteiger partial charge is 0.508 e. The van der Waals surface area contributed by atoms with E-state index in [4.69, 9.17) is 0 Å². The van der Waals surface area contributed by atoms with Crippen LogP contribution in [0, 0.1) is 6.92 Å². The zero-order valence-corrected chi connectivity index (χ0v) is 8.77. The summed E-state index contributed by atoms with van der Waals surface area (Å²) in [6.45, 7) is 1.83. The molecule has 2 aromatic rings. The van der Waals surface area contributed by atoms with Crippen LogP contribution in [0.4, 0.5) is 0 Å². The Bertz CT molecular complexity index is 541. The van der Waals surface area contributed by atoms with Crippen molar-refractivity contribution in [1.29, 1.82) is 0 Å². The van der Waals surface area contributed by atoms with Gasteiger partial charge in [-0.15, -0.1) is 0 Å². The summed E-state index contributed by atoms with van der Waals surface area (Å²) in [5.74, 6) is -0.218. The minimum absolute atomic E-state index is 0.275. The van der Waals surface area contributed by atoms with E-state index in [0.717, 1.165) is 11.1 Å². The van der Waals surface area contributed by atoms with Crippen molar-refractivity contribution in [3.63, 3.8) is 0 Å². The molecule has 0 radical (unpaired) electrons. The third-order valence-electron chi connectivity index (χ3n) is 2.31. The molecule has 5 nitrogen and oxygen atoms in total. The number of aromatic nitrogens is 1. The van der Waals surface area contributed by atoms with Gasteiger partial charge in [0.2, 0.25) is 5.89 Å². The van der Waals surface area contributed by atoms with Gasteiger partial charge in [0.25, 0.3) is 0 Å². The lowest BCUT2D eigenvalue weighted by Crippen LogP contribution is -1.93. The number of hydrogen-bond acceptors (Lipinski definition) is 5. The summed E-state index contributed by atoms with van der Waals surface area (Å²) < 4.78 is 8.96. The second kappa shape index (κ2) is 4.22. The summed E-state index contributed by atoms with van der Waals surface area (Å²) in [6, 6.07) is 5.34. The molecule has 0 aliphatic rings. The van der Waals surface area contributed by atoms with Gasteiger partial charge in [-0.3, -0.25) is 4.52 Å². The highest BCUT2D eigenvalue weighted by Crippen LogP contribution is 2.17. The minimum atomic E-state index is -0.781. The first kappa shape index (κ1) is 10.5. The molecule has 0 bridgehead atoms. The number of hydrogen-bond donors (Lipinski definition) is 1. The molecule has 0 saturated heterocycles. The standard InChI is InChI=1S/C11H11NO4/c1-7-6-8(2-4-9(7)13)3-5-10-12-16-11(14)15-10/h2,4,6,13H,3,5H2,1H3. The van der Waals surface area contributed by atoms with Gasteiger partial charge in [-0.2, -0.15) is 0 Å². The number of phenolic OH excluding ortho intramolecular Hbond substituents is 1. The van der Waals surface area contributed by atoms with Crippen molar-refractivity contribution in [2.45, 2.75) is 19.8 Å². The summed E-state index contributed by atoms with van der Waals surface area (Å²) in [6.07, 6.45) is 1.17. The van der Waals surface area contributed by atoms with Gasteiger partial charge in [-0.25, -0.2) is 4.79 Å². The Morgan fingerprint density at radius 2 is 2.19 bits per heavy atom. The van der Waals surface area contributed by atoms with Crippen LogP contribution in [0.15, 0.2) is 31.9 Å². The van der Waals surface area contributed by atoms with Crippen molar-refractivity contribution >= 4 is 0 Å². The molecule has 5 heteroatoms. The van der Waals surface area contributed by atoms with Gasteiger partial charge in [-0.1, -0.05) is 12.1 Å². The van der Waals surface area contributed by atoms with Crippen molar-refractivity contribution in [3.8, 4) is 5.75 Å². The fourth-order valence-electron chi connectivity index (χ4n) is 1.44. The average molecular weight is 221 g/mol. The number of phenols is 1. The molecular formula is C11H11NO4. The first-order chi connectivity index (χ1) is 7.65. The summed E-state index contributed by atoms with van der Waals surface area (Å²) >= 11 is 0. The monoisotopic (exact) mass is 221 g/mol. The van der Waals surface area contributed by atoms with Crippen LogP contribution in [0.3, 0.4) is 0 Å². The Labute approximate surface area is 91.3 Å². The highest BCUT2D eigenvalue weighted by Gasteiger charge is 2.04. The van der Waals surface area contributed by atoms with Crippen molar-refractivity contribution in [2.75, 3.05) is 0 Å². The molecule has 0 aliphatic carbocycles. The third kappa shape index (κ3) is 2.31. The molecule has 0 aliphatic heterocycles. The van der Waals surface area contributed by atoms with Crippen LogP contribution >= 0.6 is 0 Å². The fourth-order valence-corrected chi connectivity index (χ4v) is 1.44. The van der Waals surface area contributed by atoms with Gasteiger partial charge in [0.1, 0.15) is 5.75 Å². The van der Waals surface area contributed by atoms with E-state index in [1.807, 2.05) is 19.1 Å². The maximum atomic E-state index is 10.6. The second-order valence-corrected chi connectivity index (χ2v) is 3.55. The number of rotatable bonds is 3. The van der Waals surface area contributed by atoms with Crippen molar-refractivity contribution in [1.82, 2.24) is 5.16 Å². The number of benzene rings is 1. The Morgan fingerprint density at radius 1 is 1.38 bits per heavy atom. The first-order valence-corrected chi connectivity index (χ1v) is 4.89. The largest absolute Gasteiger partial charge is 0.542 e. The van der Waals surface area contributed by atoms with E-state index in [-0.39, 0.29) is 11.6 Å². The number of aryl methyl sites for hydroxylation is 3. The molecular weight excluding hydrogens is 210 g/mol. The first-order valence-electron chi connectivity index (χ1n) is 4.89. The van der Waals surface area contributed by atoms with Crippen molar-refractivity contribution < 1.29 is 14.0 Å². The van der Waals surface area contributed by atoms with Gasteiger partial charge in [0.15, 0.2) is 0 Å². The minimum Gasteiger partial charge on any atom is -0.508 e. The lowest BCUT2D eigenvalue weighted by molar-refractivity contribution is 0.334. The molecule has 0 unspecified atom stereocenters. The molecule has 0 amide bonds. The van der Waals surface area contributed by atoms with Gasteiger partial charge in [0, 0.05) is 6.42 Å². The number of aromatic hydroxyl groups is 1. The topological polar surface area (TPSA) is 76.5 Å². The van der Waals surface area contributed by atoms with E-state index < -0.39 is 5.82 Å². The number of nitrogens with zero attached hydrogens (tertiary/aromatic N) is 1. The van der Waals surface area contributed by atoms with Gasteiger partial charge in [0.05, 0.1) is 0 Å². The Morgan fingerprint density at radius 3 is 2.81 bits per heavy atom. The molecule has 1 heterocycles. The van der Waals surface area contributed by atoms with Crippen LogP contribution in [0.25, 0.3) is 0 Å². The maximum Gasteiger partial charge on any atom is 0.542 e. The van der Waals surface area contributed by atoms with E-state index >= 15 is 0 Å². The SMILES string of the molecule is Cc1cc(CCc2noc(=O)o2)ccc1O. The molecule has 0 atom stereocenters. The Kier molecular flexibility index (Phi) is 2.76. The van der Waals surface area contributed by atoms with E-state index in [2.05, 4.69) is 14.1 Å². The summed E-state index contributed by atoms with van der Waals surface area (Å²) in [7, 11) is 0. The van der Waals surface area contributed by atoms with Gasteiger partial charge >= 0.3 is 5.82 Å². The van der Waals surface area contributed by atoms with Crippen molar-refractivity contribution in [2.24, 2.45) is 0 Å². The maximum absolute atomic E-state index is 10.6. The zero-order valence-electron chi connectivity index (χ0n) is 8.77. The Balaban J connectivity index is 2.04. The van der Waals surface area contributed by atoms with E-state index in [0.29, 0.717) is 12.8 Å². The van der Waals surface area contributed by atoms with Crippen LogP contribution in [-0.4, -0.2) is 10.3 Å². The quantitative estimate of drug-likeness (QED) is 0.848. The normalized spacial score (nSPS) is 10.6.